The van der Waals surface area contributed by atoms with E-state index in [0.29, 0.717) is 11.0 Å². The van der Waals surface area contributed by atoms with Crippen molar-refractivity contribution in [3.63, 3.8) is 0 Å². The lowest BCUT2D eigenvalue weighted by molar-refractivity contribution is 0.414. The third kappa shape index (κ3) is 2.26. The first-order valence-corrected chi connectivity index (χ1v) is 7.23. The van der Waals surface area contributed by atoms with E-state index < -0.39 is 0 Å². The Morgan fingerprint density at radius 1 is 1.23 bits per heavy atom. The Morgan fingerprint density at radius 2 is 1.95 bits per heavy atom. The molecule has 0 atom stereocenters. The molecule has 22 heavy (non-hydrogen) atoms. The van der Waals surface area contributed by atoms with Gasteiger partial charge in [0.1, 0.15) is 17.6 Å². The number of aromatic nitrogens is 4. The van der Waals surface area contributed by atoms with Crippen molar-refractivity contribution in [3.05, 3.63) is 46.6 Å². The maximum absolute atomic E-state index is 12.8. The van der Waals surface area contributed by atoms with Crippen molar-refractivity contribution in [2.45, 2.75) is 19.8 Å². The second-order valence-electron chi connectivity index (χ2n) is 5.14. The van der Waals surface area contributed by atoms with E-state index in [1.165, 1.54) is 4.57 Å². The molecule has 0 N–H and O–H groups in total. The van der Waals surface area contributed by atoms with Crippen molar-refractivity contribution < 1.29 is 4.74 Å². The van der Waals surface area contributed by atoms with Crippen molar-refractivity contribution in [2.24, 2.45) is 7.05 Å². The van der Waals surface area contributed by atoms with Crippen LogP contribution in [0.2, 0.25) is 0 Å². The summed E-state index contributed by atoms with van der Waals surface area (Å²) in [5, 5.41) is 4.42. The number of methoxy groups -OCH3 is 1. The smallest absolute Gasteiger partial charge is 0.284 e. The molecule has 0 fully saturated rings. The highest BCUT2D eigenvalue weighted by molar-refractivity contribution is 5.76. The number of benzene rings is 1. The van der Waals surface area contributed by atoms with Gasteiger partial charge in [-0.05, 0) is 30.7 Å². The molecular formula is C16H18N4O2. The molecule has 1 aromatic carbocycles. The van der Waals surface area contributed by atoms with Crippen molar-refractivity contribution >= 4 is 11.0 Å². The molecule has 0 unspecified atom stereocenters. The minimum Gasteiger partial charge on any atom is -0.497 e. The van der Waals surface area contributed by atoms with E-state index in [1.807, 2.05) is 24.3 Å². The van der Waals surface area contributed by atoms with Gasteiger partial charge >= 0.3 is 0 Å². The molecule has 0 amide bonds. The first-order chi connectivity index (χ1) is 10.7. The zero-order valence-electron chi connectivity index (χ0n) is 12.9. The van der Waals surface area contributed by atoms with Crippen LogP contribution in [0.5, 0.6) is 5.75 Å². The van der Waals surface area contributed by atoms with E-state index >= 15 is 0 Å². The predicted octanol–water partition coefficient (Wildman–Crippen LogP) is 2.08. The number of rotatable bonds is 4. The Balaban J connectivity index is 2.17. The van der Waals surface area contributed by atoms with E-state index in [0.717, 1.165) is 30.0 Å². The highest BCUT2D eigenvalue weighted by Gasteiger charge is 2.15. The first-order valence-electron chi connectivity index (χ1n) is 7.23. The van der Waals surface area contributed by atoms with Crippen LogP contribution in [0.3, 0.4) is 0 Å². The molecule has 0 aliphatic carbocycles. The Kier molecular flexibility index (Phi) is 3.66. The zero-order chi connectivity index (χ0) is 15.7. The minimum atomic E-state index is -0.118. The normalized spacial score (nSPS) is 11.0. The van der Waals surface area contributed by atoms with Crippen molar-refractivity contribution in [2.75, 3.05) is 7.11 Å². The van der Waals surface area contributed by atoms with Crippen LogP contribution >= 0.6 is 0 Å². The number of nitrogens with zero attached hydrogens (tertiary/aromatic N) is 4. The average molecular weight is 298 g/mol. The summed E-state index contributed by atoms with van der Waals surface area (Å²) >= 11 is 0. The third-order valence-electron chi connectivity index (χ3n) is 3.65. The van der Waals surface area contributed by atoms with Gasteiger partial charge < -0.3 is 4.74 Å². The van der Waals surface area contributed by atoms with Crippen LogP contribution in [0.4, 0.5) is 0 Å². The molecule has 0 radical (unpaired) electrons. The lowest BCUT2D eigenvalue weighted by Crippen LogP contribution is -2.20. The van der Waals surface area contributed by atoms with Gasteiger partial charge in [-0.3, -0.25) is 14.0 Å². The van der Waals surface area contributed by atoms with Crippen LogP contribution in [0, 0.1) is 0 Å². The molecule has 0 aliphatic heterocycles. The van der Waals surface area contributed by atoms with Crippen molar-refractivity contribution in [1.82, 2.24) is 19.3 Å². The second-order valence-corrected chi connectivity index (χ2v) is 5.14. The molecule has 2 aromatic heterocycles. The van der Waals surface area contributed by atoms with E-state index in [-0.39, 0.29) is 5.56 Å². The zero-order valence-corrected chi connectivity index (χ0v) is 12.9. The number of hydrogen-bond acceptors (Lipinski definition) is 4. The van der Waals surface area contributed by atoms with Crippen LogP contribution in [0.1, 0.15) is 19.0 Å². The second kappa shape index (κ2) is 5.63. The van der Waals surface area contributed by atoms with Gasteiger partial charge in [-0.1, -0.05) is 13.3 Å². The van der Waals surface area contributed by atoms with Gasteiger partial charge in [-0.25, -0.2) is 4.98 Å². The fourth-order valence-corrected chi connectivity index (χ4v) is 2.56. The molecule has 114 valence electrons. The van der Waals surface area contributed by atoms with Crippen LogP contribution in [-0.4, -0.2) is 26.4 Å². The molecule has 0 saturated carbocycles. The number of fused-ring (bicyclic) bond motifs is 1. The molecule has 3 rings (SSSR count). The monoisotopic (exact) mass is 298 g/mol. The summed E-state index contributed by atoms with van der Waals surface area (Å²) in [4.78, 5) is 17.2. The predicted molar refractivity (Wildman–Crippen MR) is 84.7 cm³/mol. The maximum Gasteiger partial charge on any atom is 0.284 e. The molecule has 3 aromatic rings. The van der Waals surface area contributed by atoms with E-state index in [9.17, 15) is 4.79 Å². The molecule has 0 saturated heterocycles. The fraction of sp³-hybridized carbons (Fsp3) is 0.312. The van der Waals surface area contributed by atoms with Crippen LogP contribution in [-0.2, 0) is 13.5 Å². The van der Waals surface area contributed by atoms with Gasteiger partial charge in [0.2, 0.25) is 0 Å². The van der Waals surface area contributed by atoms with E-state index in [4.69, 9.17) is 4.74 Å². The Labute approximate surface area is 128 Å². The van der Waals surface area contributed by atoms with Gasteiger partial charge in [0.05, 0.1) is 18.5 Å². The third-order valence-corrected chi connectivity index (χ3v) is 3.65. The summed E-state index contributed by atoms with van der Waals surface area (Å²) in [7, 11) is 3.39. The van der Waals surface area contributed by atoms with Crippen LogP contribution in [0.25, 0.3) is 16.7 Å². The van der Waals surface area contributed by atoms with Crippen LogP contribution in [0.15, 0.2) is 35.4 Å². The average Bonchev–Trinajstić information content (AvgIpc) is 2.85. The largest absolute Gasteiger partial charge is 0.497 e. The van der Waals surface area contributed by atoms with E-state index in [1.54, 1.807) is 25.2 Å². The van der Waals surface area contributed by atoms with E-state index in [2.05, 4.69) is 17.0 Å². The SMILES string of the molecule is CCCc1nn(C)c2c(=O)n(-c3ccc(OC)cc3)cnc12. The lowest BCUT2D eigenvalue weighted by Gasteiger charge is -2.06. The fourth-order valence-electron chi connectivity index (χ4n) is 2.56. The van der Waals surface area contributed by atoms with Gasteiger partial charge in [-0.15, -0.1) is 0 Å². The van der Waals surface area contributed by atoms with Gasteiger partial charge in [0.15, 0.2) is 5.52 Å². The number of aryl methyl sites for hydroxylation is 2. The van der Waals surface area contributed by atoms with Gasteiger partial charge in [-0.2, -0.15) is 5.10 Å². The van der Waals surface area contributed by atoms with Crippen molar-refractivity contribution in [3.8, 4) is 11.4 Å². The molecule has 0 spiro atoms. The lowest BCUT2D eigenvalue weighted by atomic mass is 10.2. The molecule has 6 nitrogen and oxygen atoms in total. The summed E-state index contributed by atoms with van der Waals surface area (Å²) in [6, 6.07) is 7.30. The maximum atomic E-state index is 12.8. The number of ether oxygens (including phenoxy) is 1. The Bertz CT molecular complexity index is 862. The summed E-state index contributed by atoms with van der Waals surface area (Å²) in [5.74, 6) is 0.747. The molecule has 2 heterocycles. The minimum absolute atomic E-state index is 0.118. The highest BCUT2D eigenvalue weighted by Crippen LogP contribution is 2.16. The number of hydrogen-bond donors (Lipinski definition) is 0. The first kappa shape index (κ1) is 14.3. The van der Waals surface area contributed by atoms with Gasteiger partial charge in [0.25, 0.3) is 5.56 Å². The standard InChI is InChI=1S/C16H18N4O2/c1-4-5-13-14-15(19(2)18-13)16(21)20(10-17-14)11-6-8-12(22-3)9-7-11/h6-10H,4-5H2,1-3H3. The van der Waals surface area contributed by atoms with Crippen molar-refractivity contribution in [1.29, 1.82) is 0 Å². The Hall–Kier alpha value is -2.63. The summed E-state index contributed by atoms with van der Waals surface area (Å²) in [6.07, 6.45) is 3.35. The Morgan fingerprint density at radius 3 is 2.59 bits per heavy atom. The quantitative estimate of drug-likeness (QED) is 0.740. The summed E-state index contributed by atoms with van der Waals surface area (Å²) in [6.45, 7) is 2.08. The summed E-state index contributed by atoms with van der Waals surface area (Å²) in [5.41, 5.74) is 2.73. The molecular weight excluding hydrogens is 280 g/mol. The topological polar surface area (TPSA) is 61.9 Å². The highest BCUT2D eigenvalue weighted by atomic mass is 16.5. The summed E-state index contributed by atoms with van der Waals surface area (Å²) < 4.78 is 8.29. The van der Waals surface area contributed by atoms with Crippen LogP contribution < -0.4 is 10.3 Å². The molecule has 6 heteroatoms. The molecule has 0 aliphatic rings. The van der Waals surface area contributed by atoms with Gasteiger partial charge in [0, 0.05) is 7.05 Å². The molecule has 0 bridgehead atoms.